The minimum Gasteiger partial charge on any atom is -0.334 e. The number of amides is 1. The highest BCUT2D eigenvalue weighted by Crippen LogP contribution is 2.35. The number of nitrogens with one attached hydrogen (secondary N) is 1. The summed E-state index contributed by atoms with van der Waals surface area (Å²) in [5.74, 6) is 0.612. The molecule has 1 aromatic heterocycles. The van der Waals surface area contributed by atoms with Gasteiger partial charge in [0.15, 0.2) is 5.69 Å². The first kappa shape index (κ1) is 12.6. The first-order chi connectivity index (χ1) is 10.2. The van der Waals surface area contributed by atoms with Gasteiger partial charge in [-0.1, -0.05) is 18.2 Å². The molecule has 1 N–H and O–H groups in total. The molecule has 1 amide bonds. The Kier molecular flexibility index (Phi) is 2.80. The minimum atomic E-state index is -0.248. The number of hydrogen-bond acceptors (Lipinski definition) is 3. The van der Waals surface area contributed by atoms with Crippen LogP contribution in [0.5, 0.6) is 0 Å². The van der Waals surface area contributed by atoms with E-state index in [2.05, 4.69) is 10.2 Å². The predicted molar refractivity (Wildman–Crippen MR) is 79.1 cm³/mol. The molecule has 108 valence electrons. The van der Waals surface area contributed by atoms with E-state index in [-0.39, 0.29) is 11.5 Å². The van der Waals surface area contributed by atoms with Crippen LogP contribution < -0.4 is 5.56 Å². The predicted octanol–water partition coefficient (Wildman–Crippen LogP) is 1.94. The van der Waals surface area contributed by atoms with Crippen LogP contribution in [0.15, 0.2) is 29.1 Å². The Hall–Kier alpha value is -2.17. The standard InChI is InChI=1S/C16H17N3O2/c20-15-13-4-2-1-3-12(13)14(17-18-15)16(21)19(11-7-8-11)9-10-5-6-10/h1-4,10-11H,5-9H2,(H,18,20). The second-order valence-electron chi connectivity index (χ2n) is 6.08. The lowest BCUT2D eigenvalue weighted by Gasteiger charge is -2.22. The molecule has 2 saturated carbocycles. The highest BCUT2D eigenvalue weighted by atomic mass is 16.2. The van der Waals surface area contributed by atoms with Gasteiger partial charge < -0.3 is 4.90 Å². The zero-order valence-corrected chi connectivity index (χ0v) is 11.7. The van der Waals surface area contributed by atoms with Gasteiger partial charge in [-0.3, -0.25) is 9.59 Å². The summed E-state index contributed by atoms with van der Waals surface area (Å²) in [6.07, 6.45) is 4.60. The van der Waals surface area contributed by atoms with Crippen LogP contribution >= 0.6 is 0 Å². The number of benzene rings is 1. The highest BCUT2D eigenvalue weighted by Gasteiger charge is 2.37. The second kappa shape index (κ2) is 4.69. The molecule has 0 unspecified atom stereocenters. The van der Waals surface area contributed by atoms with Gasteiger partial charge in [0.1, 0.15) is 0 Å². The van der Waals surface area contributed by atoms with Gasteiger partial charge in [-0.15, -0.1) is 0 Å². The number of carbonyl (C=O) groups excluding carboxylic acids is 1. The lowest BCUT2D eigenvalue weighted by molar-refractivity contribution is 0.0730. The molecule has 4 rings (SSSR count). The molecule has 0 spiro atoms. The van der Waals surface area contributed by atoms with Crippen molar-refractivity contribution in [3.8, 4) is 0 Å². The van der Waals surface area contributed by atoms with Crippen LogP contribution in [0.3, 0.4) is 0 Å². The van der Waals surface area contributed by atoms with Crippen molar-refractivity contribution >= 4 is 16.7 Å². The van der Waals surface area contributed by atoms with E-state index in [1.165, 1.54) is 12.8 Å². The number of nitrogens with zero attached hydrogens (tertiary/aromatic N) is 2. The molecule has 0 saturated heterocycles. The molecule has 0 radical (unpaired) electrons. The van der Waals surface area contributed by atoms with Crippen molar-refractivity contribution in [2.45, 2.75) is 31.7 Å². The molecule has 2 aliphatic rings. The summed E-state index contributed by atoms with van der Waals surface area (Å²) in [5.41, 5.74) is 0.125. The monoisotopic (exact) mass is 283 g/mol. The van der Waals surface area contributed by atoms with E-state index in [9.17, 15) is 9.59 Å². The Morgan fingerprint density at radius 2 is 1.90 bits per heavy atom. The molecule has 2 aromatic rings. The largest absolute Gasteiger partial charge is 0.334 e. The molecule has 0 bridgehead atoms. The maximum atomic E-state index is 12.9. The van der Waals surface area contributed by atoms with Gasteiger partial charge in [0.05, 0.1) is 5.39 Å². The number of aromatic nitrogens is 2. The molecule has 2 aliphatic carbocycles. The van der Waals surface area contributed by atoms with E-state index in [1.54, 1.807) is 18.2 Å². The van der Waals surface area contributed by atoms with Gasteiger partial charge in [-0.05, 0) is 37.7 Å². The number of hydrogen-bond donors (Lipinski definition) is 1. The van der Waals surface area contributed by atoms with E-state index >= 15 is 0 Å². The third kappa shape index (κ3) is 2.33. The Morgan fingerprint density at radius 1 is 1.19 bits per heavy atom. The van der Waals surface area contributed by atoms with Gasteiger partial charge in [0.25, 0.3) is 11.5 Å². The summed E-state index contributed by atoms with van der Waals surface area (Å²) in [6.45, 7) is 0.832. The van der Waals surface area contributed by atoms with Gasteiger partial charge in [-0.2, -0.15) is 5.10 Å². The SMILES string of the molecule is O=C(c1n[nH]c(=O)c2ccccc12)N(CC1CC1)C1CC1. The lowest BCUT2D eigenvalue weighted by atomic mass is 10.1. The van der Waals surface area contributed by atoms with Crippen LogP contribution in [0.25, 0.3) is 10.8 Å². The lowest BCUT2D eigenvalue weighted by Crippen LogP contribution is -2.36. The quantitative estimate of drug-likeness (QED) is 0.932. The fraction of sp³-hybridized carbons (Fsp3) is 0.438. The molecule has 0 atom stereocenters. The maximum absolute atomic E-state index is 12.9. The zero-order chi connectivity index (χ0) is 14.4. The number of fused-ring (bicyclic) bond motifs is 1. The molecular formula is C16H17N3O2. The number of carbonyl (C=O) groups is 1. The molecule has 21 heavy (non-hydrogen) atoms. The first-order valence-corrected chi connectivity index (χ1v) is 7.52. The summed E-state index contributed by atoms with van der Waals surface area (Å²) < 4.78 is 0. The molecule has 0 aliphatic heterocycles. The summed E-state index contributed by atoms with van der Waals surface area (Å²) in [5, 5.41) is 7.66. The average molecular weight is 283 g/mol. The van der Waals surface area contributed by atoms with Crippen molar-refractivity contribution in [1.29, 1.82) is 0 Å². The topological polar surface area (TPSA) is 66.1 Å². The molecule has 1 heterocycles. The van der Waals surface area contributed by atoms with Crippen LogP contribution in [0.4, 0.5) is 0 Å². The Bertz CT molecular complexity index is 759. The third-order valence-electron chi connectivity index (χ3n) is 4.30. The fourth-order valence-electron chi connectivity index (χ4n) is 2.78. The normalized spacial score (nSPS) is 17.9. The van der Waals surface area contributed by atoms with Crippen molar-refractivity contribution in [3.05, 3.63) is 40.3 Å². The second-order valence-corrected chi connectivity index (χ2v) is 6.08. The van der Waals surface area contributed by atoms with Crippen molar-refractivity contribution in [2.75, 3.05) is 6.54 Å². The fourth-order valence-corrected chi connectivity index (χ4v) is 2.78. The van der Waals surface area contributed by atoms with Gasteiger partial charge in [-0.25, -0.2) is 5.10 Å². The van der Waals surface area contributed by atoms with Crippen LogP contribution in [0.2, 0.25) is 0 Å². The number of H-pyrrole nitrogens is 1. The Labute approximate surface area is 122 Å². The summed E-state index contributed by atoms with van der Waals surface area (Å²) >= 11 is 0. The number of aromatic amines is 1. The van der Waals surface area contributed by atoms with Crippen molar-refractivity contribution in [2.24, 2.45) is 5.92 Å². The van der Waals surface area contributed by atoms with E-state index in [1.807, 2.05) is 11.0 Å². The highest BCUT2D eigenvalue weighted by molar-refractivity contribution is 6.04. The molecule has 5 heteroatoms. The van der Waals surface area contributed by atoms with Crippen LogP contribution in [0.1, 0.15) is 36.2 Å². The van der Waals surface area contributed by atoms with Crippen molar-refractivity contribution in [3.63, 3.8) is 0 Å². The van der Waals surface area contributed by atoms with E-state index in [0.717, 1.165) is 19.4 Å². The minimum absolute atomic E-state index is 0.0446. The smallest absolute Gasteiger partial charge is 0.275 e. The van der Waals surface area contributed by atoms with Crippen LogP contribution in [0, 0.1) is 5.92 Å². The molecule has 1 aromatic carbocycles. The zero-order valence-electron chi connectivity index (χ0n) is 11.7. The average Bonchev–Trinajstić information content (AvgIpc) is 3.38. The first-order valence-electron chi connectivity index (χ1n) is 7.52. The van der Waals surface area contributed by atoms with Crippen molar-refractivity contribution in [1.82, 2.24) is 15.1 Å². The van der Waals surface area contributed by atoms with Crippen LogP contribution in [-0.4, -0.2) is 33.6 Å². The molecular weight excluding hydrogens is 266 g/mol. The summed E-state index contributed by atoms with van der Waals surface area (Å²) in [4.78, 5) is 26.6. The van der Waals surface area contributed by atoms with Crippen molar-refractivity contribution < 1.29 is 4.79 Å². The van der Waals surface area contributed by atoms with Gasteiger partial charge >= 0.3 is 0 Å². The van der Waals surface area contributed by atoms with Crippen LogP contribution in [-0.2, 0) is 0 Å². The Balaban J connectivity index is 1.75. The molecule has 5 nitrogen and oxygen atoms in total. The molecule has 2 fully saturated rings. The number of rotatable bonds is 4. The van der Waals surface area contributed by atoms with Gasteiger partial charge in [0, 0.05) is 18.0 Å². The van der Waals surface area contributed by atoms with Gasteiger partial charge in [0.2, 0.25) is 0 Å². The summed E-state index contributed by atoms with van der Waals surface area (Å²) in [6, 6.07) is 7.53. The summed E-state index contributed by atoms with van der Waals surface area (Å²) in [7, 11) is 0. The Morgan fingerprint density at radius 3 is 2.57 bits per heavy atom. The van der Waals surface area contributed by atoms with E-state index in [0.29, 0.717) is 28.4 Å². The third-order valence-corrected chi connectivity index (χ3v) is 4.30. The van der Waals surface area contributed by atoms with E-state index < -0.39 is 0 Å². The maximum Gasteiger partial charge on any atom is 0.275 e. The van der Waals surface area contributed by atoms with E-state index in [4.69, 9.17) is 0 Å².